The summed E-state index contributed by atoms with van der Waals surface area (Å²) < 4.78 is 5.92. The van der Waals surface area contributed by atoms with E-state index < -0.39 is 23.3 Å². The lowest BCUT2D eigenvalue weighted by Gasteiger charge is -2.35. The summed E-state index contributed by atoms with van der Waals surface area (Å²) in [4.78, 5) is 0. The van der Waals surface area contributed by atoms with Crippen LogP contribution in [0.5, 0.6) is 0 Å². The Morgan fingerprint density at radius 2 is 0.519 bits per heavy atom. The molecule has 0 unspecified atom stereocenters. The highest BCUT2D eigenvalue weighted by Gasteiger charge is 2.43. The first-order valence-corrected chi connectivity index (χ1v) is 41.7. The van der Waals surface area contributed by atoms with Crippen molar-refractivity contribution in [3.05, 3.63) is 393 Å². The number of hydrogen-bond donors (Lipinski definition) is 2. The first kappa shape index (κ1) is 64.9. The molecular weight excluding hydrogens is 1400 g/mol. The van der Waals surface area contributed by atoms with Crippen LogP contribution in [0.4, 0.5) is 0 Å². The summed E-state index contributed by atoms with van der Waals surface area (Å²) in [5.41, 5.74) is 3.14. The van der Waals surface area contributed by atoms with Crippen molar-refractivity contribution in [3.63, 3.8) is 0 Å². The Morgan fingerprint density at radius 3 is 0.933 bits per heavy atom. The second kappa shape index (κ2) is 27.6. The summed E-state index contributed by atoms with van der Waals surface area (Å²) in [7, 11) is -6.87. The summed E-state index contributed by atoms with van der Waals surface area (Å²) in [5, 5.41) is 50.3. The number of thiophene rings is 2. The van der Waals surface area contributed by atoms with E-state index in [1.807, 2.05) is 41.7 Å². The number of hydrogen-bond acceptors (Lipinski definition) is 4. The molecule has 104 heavy (non-hydrogen) atoms. The summed E-state index contributed by atoms with van der Waals surface area (Å²) in [6, 6.07) is 143. The van der Waals surface area contributed by atoms with E-state index in [2.05, 4.69) is 368 Å². The van der Waals surface area contributed by atoms with Crippen molar-refractivity contribution in [1.29, 1.82) is 0 Å². The molecule has 0 atom stereocenters. The van der Waals surface area contributed by atoms with E-state index in [1.165, 1.54) is 148 Å². The molecule has 0 aliphatic heterocycles. The molecule has 0 amide bonds. The summed E-state index contributed by atoms with van der Waals surface area (Å²) >= 11 is 7.29. The maximum atomic E-state index is 9.31. The molecule has 0 spiro atoms. The van der Waals surface area contributed by atoms with E-state index in [4.69, 9.17) is 0 Å². The smallest absolute Gasteiger partial charge is 0.423 e. The summed E-state index contributed by atoms with van der Waals surface area (Å²) in [6.07, 6.45) is 0. The van der Waals surface area contributed by atoms with Crippen molar-refractivity contribution in [2.75, 3.05) is 0 Å². The summed E-state index contributed by atoms with van der Waals surface area (Å²) in [6.45, 7) is 0. The van der Waals surface area contributed by atoms with Crippen LogP contribution in [0.1, 0.15) is 0 Å². The fraction of sp³-hybridized carbons (Fsp3) is 0. The molecule has 20 aromatic rings. The van der Waals surface area contributed by atoms with Crippen LogP contribution in [0.25, 0.3) is 116 Å². The van der Waals surface area contributed by atoms with Gasteiger partial charge < -0.3 is 10.0 Å². The van der Waals surface area contributed by atoms with Gasteiger partial charge in [-0.05, 0) is 152 Å². The number of benzene rings is 18. The predicted octanol–water partition coefficient (Wildman–Crippen LogP) is 19.6. The third-order valence-electron chi connectivity index (χ3n) is 21.2. The predicted molar refractivity (Wildman–Crippen MR) is 460 cm³/mol. The van der Waals surface area contributed by atoms with Crippen LogP contribution >= 0.6 is 38.6 Å². The number of rotatable bonds is 10. The highest BCUT2D eigenvalue weighted by atomic mass is 79.9. The first-order chi connectivity index (χ1) is 51.3. The van der Waals surface area contributed by atoms with E-state index in [0.717, 1.165) is 14.6 Å². The van der Waals surface area contributed by atoms with Gasteiger partial charge in [0.05, 0.1) is 0 Å². The fourth-order valence-corrected chi connectivity index (χ4v) is 29.3. The zero-order valence-corrected chi connectivity index (χ0v) is 61.8. The van der Waals surface area contributed by atoms with Crippen LogP contribution in [0.15, 0.2) is 393 Å². The van der Waals surface area contributed by atoms with Gasteiger partial charge in [0.25, 0.3) is 0 Å². The van der Waals surface area contributed by atoms with Gasteiger partial charge in [-0.15, -0.1) is 22.7 Å². The van der Waals surface area contributed by atoms with Crippen LogP contribution in [0.3, 0.4) is 0 Å². The average molecular weight is 1460 g/mol. The van der Waals surface area contributed by atoms with E-state index in [0.29, 0.717) is 5.46 Å². The normalized spacial score (nSPS) is 11.8. The van der Waals surface area contributed by atoms with Gasteiger partial charge in [-0.1, -0.05) is 380 Å². The molecule has 0 aliphatic carbocycles. The molecule has 492 valence electrons. The van der Waals surface area contributed by atoms with Gasteiger partial charge in [0.2, 0.25) is 0 Å². The Kier molecular flexibility index (Phi) is 17.2. The van der Waals surface area contributed by atoms with E-state index in [1.54, 1.807) is 17.4 Å². The number of halogens is 1. The van der Waals surface area contributed by atoms with Gasteiger partial charge in [0.15, 0.2) is 16.1 Å². The van der Waals surface area contributed by atoms with Crippen molar-refractivity contribution in [2.45, 2.75) is 0 Å². The zero-order valence-electron chi connectivity index (χ0n) is 56.6. The SMILES string of the molecule is Brc1cccc([Si](c2ccccc2)(c2ccccc2)c2ccc3c4ccccc4c4ccccc4c3c2)c1.OB(O)c1cccc2c1sc1ccccc12.c1ccc([Si](c2ccccc2)(c2cccc(-c3cccc4c3sc3ccccc34)c2)c2ccc3c4ccccc4c4ccccc4c3c2)cc1. The van der Waals surface area contributed by atoms with Crippen molar-refractivity contribution in [3.8, 4) is 11.1 Å². The van der Waals surface area contributed by atoms with E-state index in [9.17, 15) is 10.0 Å². The molecule has 2 heterocycles. The van der Waals surface area contributed by atoms with Crippen molar-refractivity contribution in [2.24, 2.45) is 0 Å². The van der Waals surface area contributed by atoms with Crippen molar-refractivity contribution in [1.82, 2.24) is 0 Å². The zero-order chi connectivity index (χ0) is 69.7. The van der Waals surface area contributed by atoms with Crippen molar-refractivity contribution >= 4 is 214 Å². The first-order valence-electron chi connectivity index (χ1n) is 35.3. The third-order valence-corrected chi connectivity index (χ3v) is 33.6. The molecule has 20 rings (SSSR count). The van der Waals surface area contributed by atoms with Gasteiger partial charge in [0, 0.05) is 39.4 Å². The fourth-order valence-electron chi connectivity index (χ4n) is 16.6. The molecule has 2 aromatic heterocycles. The molecule has 0 saturated carbocycles. The van der Waals surface area contributed by atoms with Gasteiger partial charge in [0.1, 0.15) is 0 Å². The van der Waals surface area contributed by atoms with E-state index in [-0.39, 0.29) is 0 Å². The number of fused-ring (bicyclic) bond motifs is 18. The Balaban J connectivity index is 0.000000125. The molecule has 0 saturated heterocycles. The van der Waals surface area contributed by atoms with Gasteiger partial charge >= 0.3 is 7.12 Å². The molecule has 0 radical (unpaired) electrons. The Labute approximate surface area is 622 Å². The standard InChI is InChI=1S/C48H32SSi.C36H25BrSi.C12H9BO2S/c1-3-16-34(17-4-1)50(35-18-5-2-6-19-35,37-29-30-43-41-23-8-7-21-39(41)40-22-9-10-24-42(40)46(43)32-37)36-20-13-15-33(31-36)38-26-14-27-45-44-25-11-12-28-47(44)49-48(38)45;37-26-12-11-17-29(24-26)38(27-13-3-1-4-14-27,28-15-5-2-6-16-28)30-22-23-35-33-20-8-7-18-31(33)32-19-9-10-21-34(32)36(35)25-30;14-13(15)10-6-3-5-9-8-4-1-2-7-11(8)16-12(9)10/h1-32H;1-25H;1-7,14-15H. The van der Waals surface area contributed by atoms with Gasteiger partial charge in [-0.3, -0.25) is 0 Å². The topological polar surface area (TPSA) is 40.5 Å². The lowest BCUT2D eigenvalue weighted by Crippen LogP contribution is -2.74. The van der Waals surface area contributed by atoms with Crippen molar-refractivity contribution < 1.29 is 10.0 Å². The molecule has 0 fully saturated rings. The quantitative estimate of drug-likeness (QED) is 0.0814. The van der Waals surface area contributed by atoms with Crippen LogP contribution in [-0.2, 0) is 0 Å². The Bertz CT molecular complexity index is 6470. The molecular formula is C96H66BBrO2S2Si2. The maximum absolute atomic E-state index is 9.31. The minimum Gasteiger partial charge on any atom is -0.423 e. The third kappa shape index (κ3) is 11.1. The Hall–Kier alpha value is -11.1. The largest absolute Gasteiger partial charge is 0.489 e. The molecule has 0 bridgehead atoms. The maximum Gasteiger partial charge on any atom is 0.489 e. The second-order valence-corrected chi connectivity index (χ2v) is 37.4. The highest BCUT2D eigenvalue weighted by Crippen LogP contribution is 2.41. The molecule has 2 nitrogen and oxygen atoms in total. The molecule has 18 aromatic carbocycles. The van der Waals surface area contributed by atoms with E-state index >= 15 is 0 Å². The Morgan fingerprint density at radius 1 is 0.221 bits per heavy atom. The molecule has 0 aliphatic rings. The average Bonchev–Trinajstić information content (AvgIpc) is 0.944. The monoisotopic (exact) mass is 1460 g/mol. The highest BCUT2D eigenvalue weighted by molar-refractivity contribution is 9.10. The minimum atomic E-state index is -2.83. The second-order valence-electron chi connectivity index (χ2n) is 26.7. The lowest BCUT2D eigenvalue weighted by molar-refractivity contribution is 0.426. The van der Waals surface area contributed by atoms with Crippen LogP contribution in [-0.4, -0.2) is 33.3 Å². The van der Waals surface area contributed by atoms with Crippen LogP contribution in [0.2, 0.25) is 0 Å². The minimum absolute atomic E-state index is 0.582. The molecule has 2 N–H and O–H groups in total. The van der Waals surface area contributed by atoms with Gasteiger partial charge in [-0.2, -0.15) is 0 Å². The van der Waals surface area contributed by atoms with Crippen LogP contribution in [0, 0.1) is 0 Å². The van der Waals surface area contributed by atoms with Gasteiger partial charge in [-0.25, -0.2) is 0 Å². The lowest BCUT2D eigenvalue weighted by atomic mass is 9.80. The summed E-state index contributed by atoms with van der Waals surface area (Å²) in [5.74, 6) is 0. The molecule has 8 heteroatoms. The van der Waals surface area contributed by atoms with Crippen LogP contribution < -0.4 is 47.0 Å².